The quantitative estimate of drug-likeness (QED) is 0.0799. The van der Waals surface area contributed by atoms with Gasteiger partial charge in [-0.25, -0.2) is 0 Å². The van der Waals surface area contributed by atoms with Crippen molar-refractivity contribution >= 4 is 36.4 Å². The van der Waals surface area contributed by atoms with Crippen LogP contribution < -0.4 is 0 Å². The molecule has 0 N–H and O–H groups in total. The van der Waals surface area contributed by atoms with Gasteiger partial charge in [-0.2, -0.15) is 0 Å². The standard InChI is InChI=1S/C18H19O4.3C4H9.Sn/c1-3-21-17(19)12-8-11-16(18(20)22-4-2)14-13-15-9-6-5-7-10-15;3*1-3-4-2;/h5-11,13-14H,3-4H2,1-2H3;3*1,3-4H2,2H3;/b12-8?,14-13+,16-11+;;;;. The molecule has 1 aromatic rings. The molecule has 0 unspecified atom stereocenters. The van der Waals surface area contributed by atoms with Gasteiger partial charge >= 0.3 is 218 Å². The van der Waals surface area contributed by atoms with Gasteiger partial charge in [-0.3, -0.25) is 0 Å². The van der Waals surface area contributed by atoms with E-state index in [2.05, 4.69) is 20.8 Å². The third-order valence-electron chi connectivity index (χ3n) is 6.29. The summed E-state index contributed by atoms with van der Waals surface area (Å²) in [5, 5.41) is 0. The summed E-state index contributed by atoms with van der Waals surface area (Å²) < 4.78 is 15.3. The first-order chi connectivity index (χ1) is 17.0. The van der Waals surface area contributed by atoms with Gasteiger partial charge in [0.2, 0.25) is 0 Å². The third-order valence-corrected chi connectivity index (χ3v) is 21.8. The Morgan fingerprint density at radius 1 is 0.743 bits per heavy atom. The number of ether oxygens (including phenoxy) is 2. The Kier molecular flexibility index (Phi) is 16.4. The van der Waals surface area contributed by atoms with E-state index in [0.29, 0.717) is 18.8 Å². The first-order valence-electron chi connectivity index (χ1n) is 13.5. The second-order valence-corrected chi connectivity index (χ2v) is 22.1. The van der Waals surface area contributed by atoms with E-state index in [1.165, 1.54) is 0 Å². The molecule has 0 amide bonds. The first kappa shape index (κ1) is 31.2. The number of allylic oxidation sites excluding steroid dienone is 2. The second kappa shape index (κ2) is 18.4. The van der Waals surface area contributed by atoms with Crippen molar-refractivity contribution in [3.05, 3.63) is 63.3 Å². The van der Waals surface area contributed by atoms with Gasteiger partial charge in [0.15, 0.2) is 0 Å². The van der Waals surface area contributed by atoms with E-state index < -0.39 is 18.4 Å². The fourth-order valence-electron chi connectivity index (χ4n) is 4.32. The SMILES string of the molecule is CCC[CH2][Sn]([CH2]CCC)([CH2]CCC)\[C](=C/C=C(\C=C\c1ccccc1)C(=O)OCC)C(=O)OCC. The van der Waals surface area contributed by atoms with Crippen LogP contribution in [0.2, 0.25) is 13.3 Å². The number of rotatable bonds is 17. The van der Waals surface area contributed by atoms with Gasteiger partial charge in [0.1, 0.15) is 0 Å². The van der Waals surface area contributed by atoms with Crippen LogP contribution in [-0.4, -0.2) is 43.5 Å². The van der Waals surface area contributed by atoms with Gasteiger partial charge in [0, 0.05) is 0 Å². The third kappa shape index (κ3) is 11.2. The van der Waals surface area contributed by atoms with Crippen LogP contribution >= 0.6 is 0 Å². The van der Waals surface area contributed by atoms with Crippen LogP contribution in [0.4, 0.5) is 0 Å². The van der Waals surface area contributed by atoms with Gasteiger partial charge in [0.05, 0.1) is 0 Å². The van der Waals surface area contributed by atoms with E-state index in [9.17, 15) is 9.59 Å². The molecular formula is C30H46O4Sn. The van der Waals surface area contributed by atoms with Crippen LogP contribution in [0.15, 0.2) is 57.7 Å². The molecule has 0 bridgehead atoms. The molecule has 5 heteroatoms. The van der Waals surface area contributed by atoms with E-state index in [4.69, 9.17) is 9.47 Å². The molecule has 0 saturated carbocycles. The zero-order valence-electron chi connectivity index (χ0n) is 22.6. The molecule has 0 fully saturated rings. The maximum atomic E-state index is 13.4. The van der Waals surface area contributed by atoms with Gasteiger partial charge in [-0.1, -0.05) is 0 Å². The normalized spacial score (nSPS) is 12.7. The van der Waals surface area contributed by atoms with Crippen molar-refractivity contribution in [2.75, 3.05) is 13.2 Å². The molecule has 0 heterocycles. The van der Waals surface area contributed by atoms with Crippen molar-refractivity contribution in [1.82, 2.24) is 0 Å². The van der Waals surface area contributed by atoms with Gasteiger partial charge in [-0.15, -0.1) is 0 Å². The summed E-state index contributed by atoms with van der Waals surface area (Å²) in [7, 11) is 0. The Labute approximate surface area is 217 Å². The topological polar surface area (TPSA) is 52.6 Å². The summed E-state index contributed by atoms with van der Waals surface area (Å²) in [4.78, 5) is 26.1. The van der Waals surface area contributed by atoms with Gasteiger partial charge in [-0.05, 0) is 0 Å². The molecule has 0 saturated heterocycles. The molecule has 194 valence electrons. The molecule has 4 nitrogen and oxygen atoms in total. The minimum absolute atomic E-state index is 0.182. The average molecular weight is 589 g/mol. The number of benzene rings is 1. The Morgan fingerprint density at radius 2 is 1.26 bits per heavy atom. The number of carbonyl (C=O) groups is 2. The van der Waals surface area contributed by atoms with E-state index >= 15 is 0 Å². The predicted molar refractivity (Wildman–Crippen MR) is 150 cm³/mol. The van der Waals surface area contributed by atoms with Crippen LogP contribution in [0.25, 0.3) is 6.08 Å². The van der Waals surface area contributed by atoms with Crippen molar-refractivity contribution in [3.8, 4) is 0 Å². The van der Waals surface area contributed by atoms with Crippen molar-refractivity contribution < 1.29 is 19.1 Å². The summed E-state index contributed by atoms with van der Waals surface area (Å²) in [6.45, 7) is 11.0. The van der Waals surface area contributed by atoms with Crippen LogP contribution in [-0.2, 0) is 19.1 Å². The van der Waals surface area contributed by atoms with E-state index in [1.807, 2.05) is 49.4 Å². The number of hydrogen-bond donors (Lipinski definition) is 0. The maximum absolute atomic E-state index is 13.4. The molecule has 35 heavy (non-hydrogen) atoms. The fourth-order valence-corrected chi connectivity index (χ4v) is 20.3. The summed E-state index contributed by atoms with van der Waals surface area (Å²) >= 11 is -3.09. The first-order valence-corrected chi connectivity index (χ1v) is 21.0. The molecule has 0 aromatic heterocycles. The number of hydrogen-bond acceptors (Lipinski definition) is 4. The molecule has 0 spiro atoms. The zero-order chi connectivity index (χ0) is 25.9. The van der Waals surface area contributed by atoms with Crippen molar-refractivity contribution in [2.24, 2.45) is 0 Å². The molecular weight excluding hydrogens is 543 g/mol. The molecule has 0 atom stereocenters. The molecule has 0 aliphatic carbocycles. The summed E-state index contributed by atoms with van der Waals surface area (Å²) in [5.41, 5.74) is 1.44. The fraction of sp³-hybridized carbons (Fsp3) is 0.533. The van der Waals surface area contributed by atoms with Crippen LogP contribution in [0, 0.1) is 0 Å². The summed E-state index contributed by atoms with van der Waals surface area (Å²) in [6, 6.07) is 9.86. The van der Waals surface area contributed by atoms with E-state index in [1.54, 1.807) is 19.1 Å². The second-order valence-electron chi connectivity index (χ2n) is 8.98. The van der Waals surface area contributed by atoms with Crippen molar-refractivity contribution in [3.63, 3.8) is 0 Å². The Bertz CT molecular complexity index is 817. The average Bonchev–Trinajstić information content (AvgIpc) is 2.87. The molecule has 0 radical (unpaired) electrons. The molecule has 0 aliphatic rings. The minimum atomic E-state index is -3.09. The van der Waals surface area contributed by atoms with Gasteiger partial charge in [0.25, 0.3) is 0 Å². The van der Waals surface area contributed by atoms with E-state index in [-0.39, 0.29) is 11.9 Å². The number of unbranched alkanes of at least 4 members (excludes halogenated alkanes) is 3. The van der Waals surface area contributed by atoms with Crippen LogP contribution in [0.3, 0.4) is 0 Å². The van der Waals surface area contributed by atoms with Crippen molar-refractivity contribution in [1.29, 1.82) is 0 Å². The molecule has 0 aliphatic heterocycles. The number of carbonyl (C=O) groups excluding carboxylic acids is 2. The Morgan fingerprint density at radius 3 is 1.74 bits per heavy atom. The monoisotopic (exact) mass is 590 g/mol. The molecule has 1 rings (SSSR count). The van der Waals surface area contributed by atoms with Crippen LogP contribution in [0.5, 0.6) is 0 Å². The Hall–Kier alpha value is -1.82. The molecule has 1 aromatic carbocycles. The number of esters is 2. The van der Waals surface area contributed by atoms with Gasteiger partial charge < -0.3 is 0 Å². The predicted octanol–water partition coefficient (Wildman–Crippen LogP) is 8.07. The van der Waals surface area contributed by atoms with Crippen LogP contribution in [0.1, 0.15) is 78.7 Å². The Balaban J connectivity index is 3.61. The van der Waals surface area contributed by atoms with E-state index in [0.717, 1.165) is 61.0 Å². The summed E-state index contributed by atoms with van der Waals surface area (Å²) in [5.74, 6) is -0.561. The zero-order valence-corrected chi connectivity index (χ0v) is 25.5. The summed E-state index contributed by atoms with van der Waals surface area (Å²) in [6.07, 6.45) is 14.2. The van der Waals surface area contributed by atoms with Crippen molar-refractivity contribution in [2.45, 2.75) is 86.5 Å².